The van der Waals surface area contributed by atoms with Crippen molar-refractivity contribution in [2.45, 2.75) is 6.61 Å². The molecular weight excluding hydrogens is 500 g/mol. The molecule has 3 aromatic rings. The van der Waals surface area contributed by atoms with E-state index in [2.05, 4.69) is 42.4 Å². The number of hydrogen-bond acceptors (Lipinski definition) is 4. The number of rotatable bonds is 7. The lowest BCUT2D eigenvalue weighted by atomic mass is 10.2. The predicted octanol–water partition coefficient (Wildman–Crippen LogP) is 5.56. The molecular formula is C22H18Br2N2O3. The minimum absolute atomic E-state index is 0.301. The highest BCUT2D eigenvalue weighted by Gasteiger charge is 2.09. The quantitative estimate of drug-likeness (QED) is 0.329. The summed E-state index contributed by atoms with van der Waals surface area (Å²) in [6, 6.07) is 20.5. The van der Waals surface area contributed by atoms with E-state index < -0.39 is 0 Å². The number of amides is 1. The van der Waals surface area contributed by atoms with Crippen LogP contribution in [-0.2, 0) is 6.61 Å². The van der Waals surface area contributed by atoms with Crippen molar-refractivity contribution in [3.05, 3.63) is 92.4 Å². The van der Waals surface area contributed by atoms with Crippen molar-refractivity contribution in [2.24, 2.45) is 5.10 Å². The zero-order chi connectivity index (χ0) is 20.6. The van der Waals surface area contributed by atoms with Crippen molar-refractivity contribution in [2.75, 3.05) is 7.11 Å². The van der Waals surface area contributed by atoms with E-state index in [9.17, 15) is 4.79 Å². The molecule has 0 atom stereocenters. The Bertz CT molecular complexity index is 983. The van der Waals surface area contributed by atoms with Crippen LogP contribution in [0.25, 0.3) is 0 Å². The average Bonchev–Trinajstić information content (AvgIpc) is 2.74. The first-order valence-corrected chi connectivity index (χ1v) is 10.3. The smallest absolute Gasteiger partial charge is 0.271 e. The Kier molecular flexibility index (Phi) is 7.43. The molecule has 0 fully saturated rings. The van der Waals surface area contributed by atoms with Gasteiger partial charge in [0, 0.05) is 5.56 Å². The molecule has 5 nitrogen and oxygen atoms in total. The molecule has 1 N–H and O–H groups in total. The Morgan fingerprint density at radius 3 is 2.31 bits per heavy atom. The molecule has 0 saturated carbocycles. The van der Waals surface area contributed by atoms with Crippen LogP contribution in [0.2, 0.25) is 0 Å². The monoisotopic (exact) mass is 516 g/mol. The lowest BCUT2D eigenvalue weighted by Gasteiger charge is -2.11. The molecule has 29 heavy (non-hydrogen) atoms. The van der Waals surface area contributed by atoms with Crippen molar-refractivity contribution >= 4 is 44.0 Å². The summed E-state index contributed by atoms with van der Waals surface area (Å²) in [6.07, 6.45) is 1.57. The first-order chi connectivity index (χ1) is 14.1. The van der Waals surface area contributed by atoms with Gasteiger partial charge in [-0.3, -0.25) is 4.79 Å². The highest BCUT2D eigenvalue weighted by Crippen LogP contribution is 2.35. The normalized spacial score (nSPS) is 10.7. The van der Waals surface area contributed by atoms with Crippen LogP contribution in [-0.4, -0.2) is 19.2 Å². The maximum absolute atomic E-state index is 12.1. The highest BCUT2D eigenvalue weighted by atomic mass is 79.9. The number of hydrazone groups is 1. The van der Waals surface area contributed by atoms with Gasteiger partial charge >= 0.3 is 0 Å². The van der Waals surface area contributed by atoms with Crippen molar-refractivity contribution < 1.29 is 14.3 Å². The Labute approximate surface area is 186 Å². The van der Waals surface area contributed by atoms with Gasteiger partial charge in [0.1, 0.15) is 18.1 Å². The summed E-state index contributed by atoms with van der Waals surface area (Å²) in [5.41, 5.74) is 4.89. The standard InChI is InChI=1S/C22H18Br2N2O3/c1-28-18-9-7-17(8-10-18)22(27)26-25-13-16-11-19(23)21(20(24)12-16)29-14-15-5-3-2-4-6-15/h2-13H,14H2,1H3,(H,26,27)/b25-13-. The Balaban J connectivity index is 1.62. The number of carbonyl (C=O) groups is 1. The highest BCUT2D eigenvalue weighted by molar-refractivity contribution is 9.11. The minimum atomic E-state index is -0.301. The van der Waals surface area contributed by atoms with Gasteiger partial charge in [-0.2, -0.15) is 5.10 Å². The average molecular weight is 518 g/mol. The van der Waals surface area contributed by atoms with E-state index in [-0.39, 0.29) is 5.91 Å². The van der Waals surface area contributed by atoms with Crippen LogP contribution >= 0.6 is 31.9 Å². The second-order valence-corrected chi connectivity index (χ2v) is 7.72. The molecule has 0 aliphatic heterocycles. The maximum Gasteiger partial charge on any atom is 0.271 e. The molecule has 0 spiro atoms. The van der Waals surface area contributed by atoms with Gasteiger partial charge < -0.3 is 9.47 Å². The van der Waals surface area contributed by atoms with Crippen LogP contribution in [0.4, 0.5) is 0 Å². The van der Waals surface area contributed by atoms with Crippen molar-refractivity contribution in [1.29, 1.82) is 0 Å². The van der Waals surface area contributed by atoms with Gasteiger partial charge in [-0.05, 0) is 79.4 Å². The molecule has 0 bridgehead atoms. The molecule has 0 aliphatic rings. The number of nitrogens with zero attached hydrogens (tertiary/aromatic N) is 1. The van der Waals surface area contributed by atoms with Crippen molar-refractivity contribution in [1.82, 2.24) is 5.43 Å². The van der Waals surface area contributed by atoms with E-state index in [1.807, 2.05) is 42.5 Å². The molecule has 0 aromatic heterocycles. The summed E-state index contributed by atoms with van der Waals surface area (Å²) in [6.45, 7) is 0.462. The van der Waals surface area contributed by atoms with Gasteiger partial charge in [0.05, 0.1) is 22.3 Å². The summed E-state index contributed by atoms with van der Waals surface area (Å²) in [4.78, 5) is 12.1. The molecule has 7 heteroatoms. The van der Waals surface area contributed by atoms with Gasteiger partial charge in [0.2, 0.25) is 0 Å². The topological polar surface area (TPSA) is 59.9 Å². The van der Waals surface area contributed by atoms with E-state index in [1.165, 1.54) is 0 Å². The lowest BCUT2D eigenvalue weighted by Crippen LogP contribution is -2.17. The van der Waals surface area contributed by atoms with Gasteiger partial charge in [-0.15, -0.1) is 0 Å². The number of benzene rings is 3. The van der Waals surface area contributed by atoms with Crippen LogP contribution in [0.3, 0.4) is 0 Å². The van der Waals surface area contributed by atoms with Gasteiger partial charge in [0.25, 0.3) is 5.91 Å². The molecule has 0 heterocycles. The Morgan fingerprint density at radius 1 is 1.03 bits per heavy atom. The second-order valence-electron chi connectivity index (χ2n) is 6.02. The molecule has 3 aromatic carbocycles. The Morgan fingerprint density at radius 2 is 1.69 bits per heavy atom. The van der Waals surface area contributed by atoms with Gasteiger partial charge in [0.15, 0.2) is 0 Å². The summed E-state index contributed by atoms with van der Waals surface area (Å²) >= 11 is 7.05. The van der Waals surface area contributed by atoms with Gasteiger partial charge in [-0.25, -0.2) is 5.43 Å². The van der Waals surface area contributed by atoms with Crippen molar-refractivity contribution in [3.8, 4) is 11.5 Å². The first-order valence-electron chi connectivity index (χ1n) is 8.70. The van der Waals surface area contributed by atoms with Crippen LogP contribution in [0.5, 0.6) is 11.5 Å². The maximum atomic E-state index is 12.1. The molecule has 148 valence electrons. The van der Waals surface area contributed by atoms with Crippen LogP contribution < -0.4 is 14.9 Å². The third kappa shape index (κ3) is 5.92. The third-order valence-electron chi connectivity index (χ3n) is 3.98. The van der Waals surface area contributed by atoms with E-state index in [0.29, 0.717) is 23.7 Å². The summed E-state index contributed by atoms with van der Waals surface area (Å²) in [7, 11) is 1.58. The number of methoxy groups -OCH3 is 1. The fourth-order valence-electron chi connectivity index (χ4n) is 2.49. The number of ether oxygens (including phenoxy) is 2. The molecule has 0 saturated heterocycles. The largest absolute Gasteiger partial charge is 0.497 e. The zero-order valence-corrected chi connectivity index (χ0v) is 18.7. The second kappa shape index (κ2) is 10.2. The van der Waals surface area contributed by atoms with Crippen LogP contribution in [0.15, 0.2) is 80.8 Å². The zero-order valence-electron chi connectivity index (χ0n) is 15.6. The summed E-state index contributed by atoms with van der Waals surface area (Å²) in [5, 5.41) is 4.03. The summed E-state index contributed by atoms with van der Waals surface area (Å²) < 4.78 is 12.6. The number of carbonyl (C=O) groups excluding carboxylic acids is 1. The SMILES string of the molecule is COc1ccc(C(=O)N/N=C\c2cc(Br)c(OCc3ccccc3)c(Br)c2)cc1. The third-order valence-corrected chi connectivity index (χ3v) is 5.16. The van der Waals surface area contributed by atoms with Crippen LogP contribution in [0.1, 0.15) is 21.5 Å². The minimum Gasteiger partial charge on any atom is -0.497 e. The lowest BCUT2D eigenvalue weighted by molar-refractivity contribution is 0.0955. The van der Waals surface area contributed by atoms with Crippen molar-refractivity contribution in [3.63, 3.8) is 0 Å². The van der Waals surface area contributed by atoms with E-state index in [4.69, 9.17) is 9.47 Å². The molecule has 3 rings (SSSR count). The Hall–Kier alpha value is -2.64. The number of hydrogen-bond donors (Lipinski definition) is 1. The fourth-order valence-corrected chi connectivity index (χ4v) is 3.94. The number of nitrogens with one attached hydrogen (secondary N) is 1. The van der Waals surface area contributed by atoms with E-state index in [0.717, 1.165) is 20.1 Å². The molecule has 0 unspecified atom stereocenters. The molecule has 1 amide bonds. The number of halogens is 2. The molecule has 0 radical (unpaired) electrons. The van der Waals surface area contributed by atoms with Crippen LogP contribution in [0, 0.1) is 0 Å². The van der Waals surface area contributed by atoms with E-state index >= 15 is 0 Å². The molecule has 0 aliphatic carbocycles. The predicted molar refractivity (Wildman–Crippen MR) is 121 cm³/mol. The fraction of sp³-hybridized carbons (Fsp3) is 0.0909. The summed E-state index contributed by atoms with van der Waals surface area (Å²) in [5.74, 6) is 1.09. The van der Waals surface area contributed by atoms with E-state index in [1.54, 1.807) is 37.6 Å². The van der Waals surface area contributed by atoms with Gasteiger partial charge in [-0.1, -0.05) is 30.3 Å². The first kappa shape index (κ1) is 21.1.